The molecule has 98 valence electrons. The van der Waals surface area contributed by atoms with Gasteiger partial charge in [-0.25, -0.2) is 5.06 Å². The van der Waals surface area contributed by atoms with Crippen LogP contribution in [0.3, 0.4) is 0 Å². The number of rotatable bonds is 4. The number of hydrogen-bond donors (Lipinski definition) is 1. The molecule has 0 aromatic carbocycles. The summed E-state index contributed by atoms with van der Waals surface area (Å²) in [6.07, 6.45) is 5.26. The third-order valence-corrected chi connectivity index (χ3v) is 3.33. The minimum absolute atomic E-state index is 0.0289. The first-order valence-corrected chi connectivity index (χ1v) is 6.30. The average Bonchev–Trinajstić information content (AvgIpc) is 2.35. The van der Waals surface area contributed by atoms with Crippen molar-refractivity contribution in [1.82, 2.24) is 9.96 Å². The third-order valence-electron chi connectivity index (χ3n) is 3.33. The van der Waals surface area contributed by atoms with Crippen LogP contribution in [-0.4, -0.2) is 47.1 Å². The number of hydrogen-bond acceptors (Lipinski definition) is 3. The lowest BCUT2D eigenvalue weighted by Gasteiger charge is -2.28. The first-order valence-electron chi connectivity index (χ1n) is 6.30. The SMILES string of the molecule is CCN(CC(=O)N(C)O)C(=O)C1CCCCC1. The molecule has 0 aliphatic heterocycles. The lowest BCUT2D eigenvalue weighted by atomic mass is 9.88. The largest absolute Gasteiger partial charge is 0.333 e. The molecular formula is C12H22N2O3. The highest BCUT2D eigenvalue weighted by Gasteiger charge is 2.26. The number of carbonyl (C=O) groups is 2. The van der Waals surface area contributed by atoms with Gasteiger partial charge >= 0.3 is 0 Å². The zero-order chi connectivity index (χ0) is 12.8. The van der Waals surface area contributed by atoms with Gasteiger partial charge in [-0.2, -0.15) is 0 Å². The fourth-order valence-electron chi connectivity index (χ4n) is 2.22. The molecule has 0 saturated heterocycles. The highest BCUT2D eigenvalue weighted by atomic mass is 16.5. The van der Waals surface area contributed by atoms with Crippen LogP contribution in [0.2, 0.25) is 0 Å². The molecule has 0 unspecified atom stereocenters. The average molecular weight is 242 g/mol. The summed E-state index contributed by atoms with van der Waals surface area (Å²) in [6.45, 7) is 2.33. The molecule has 0 aromatic heterocycles. The zero-order valence-electron chi connectivity index (χ0n) is 10.7. The Kier molecular flexibility index (Phi) is 5.41. The topological polar surface area (TPSA) is 60.9 Å². The van der Waals surface area contributed by atoms with E-state index in [0.29, 0.717) is 11.6 Å². The van der Waals surface area contributed by atoms with Crippen molar-refractivity contribution in [2.45, 2.75) is 39.0 Å². The van der Waals surface area contributed by atoms with Gasteiger partial charge in [0.05, 0.1) is 0 Å². The smallest absolute Gasteiger partial charge is 0.265 e. The van der Waals surface area contributed by atoms with E-state index in [9.17, 15) is 9.59 Å². The quantitative estimate of drug-likeness (QED) is 0.596. The van der Waals surface area contributed by atoms with Gasteiger partial charge in [0.15, 0.2) is 0 Å². The minimum atomic E-state index is -0.448. The van der Waals surface area contributed by atoms with Crippen LogP contribution in [0.5, 0.6) is 0 Å². The predicted molar refractivity (Wildman–Crippen MR) is 63.4 cm³/mol. The third kappa shape index (κ3) is 4.00. The van der Waals surface area contributed by atoms with Crippen LogP contribution in [0, 0.1) is 5.92 Å². The Morgan fingerprint density at radius 2 is 1.82 bits per heavy atom. The van der Waals surface area contributed by atoms with E-state index < -0.39 is 5.91 Å². The normalized spacial score (nSPS) is 16.6. The van der Waals surface area contributed by atoms with Gasteiger partial charge < -0.3 is 4.90 Å². The summed E-state index contributed by atoms with van der Waals surface area (Å²) < 4.78 is 0. The standard InChI is InChI=1S/C12H22N2O3/c1-3-14(9-11(15)13(2)17)12(16)10-7-5-4-6-8-10/h10,17H,3-9H2,1-2H3. The van der Waals surface area contributed by atoms with Crippen LogP contribution in [0.4, 0.5) is 0 Å². The Bertz CT molecular complexity index is 273. The second-order valence-electron chi connectivity index (χ2n) is 4.60. The highest BCUT2D eigenvalue weighted by molar-refractivity contribution is 5.85. The van der Waals surface area contributed by atoms with E-state index in [1.165, 1.54) is 18.4 Å². The molecule has 5 heteroatoms. The summed E-state index contributed by atoms with van der Waals surface area (Å²) in [5, 5.41) is 9.54. The Hall–Kier alpha value is -1.10. The van der Waals surface area contributed by atoms with Gasteiger partial charge in [0, 0.05) is 19.5 Å². The summed E-state index contributed by atoms with van der Waals surface area (Å²) in [7, 11) is 1.28. The molecule has 1 aliphatic carbocycles. The van der Waals surface area contributed by atoms with Crippen molar-refractivity contribution in [3.8, 4) is 0 Å². The van der Waals surface area contributed by atoms with Crippen LogP contribution in [0.25, 0.3) is 0 Å². The van der Waals surface area contributed by atoms with E-state index in [1.807, 2.05) is 6.92 Å². The molecule has 0 aromatic rings. The van der Waals surface area contributed by atoms with E-state index in [4.69, 9.17) is 5.21 Å². The van der Waals surface area contributed by atoms with Crippen LogP contribution in [0.1, 0.15) is 39.0 Å². The fourth-order valence-corrected chi connectivity index (χ4v) is 2.22. The molecule has 0 atom stereocenters. The highest BCUT2D eigenvalue weighted by Crippen LogP contribution is 2.25. The van der Waals surface area contributed by atoms with Crippen LogP contribution in [-0.2, 0) is 9.59 Å². The van der Waals surface area contributed by atoms with Crippen molar-refractivity contribution in [1.29, 1.82) is 0 Å². The molecule has 1 N–H and O–H groups in total. The molecule has 0 bridgehead atoms. The van der Waals surface area contributed by atoms with E-state index in [2.05, 4.69) is 0 Å². The maximum atomic E-state index is 12.2. The molecule has 0 spiro atoms. The molecule has 1 fully saturated rings. The second-order valence-corrected chi connectivity index (χ2v) is 4.60. The molecule has 5 nitrogen and oxygen atoms in total. The number of amides is 2. The molecule has 0 heterocycles. The maximum absolute atomic E-state index is 12.2. The molecular weight excluding hydrogens is 220 g/mol. The van der Waals surface area contributed by atoms with Crippen molar-refractivity contribution in [3.63, 3.8) is 0 Å². The Balaban J connectivity index is 2.53. The Labute approximate surface area is 102 Å². The molecule has 1 saturated carbocycles. The molecule has 2 amide bonds. The number of nitrogens with zero attached hydrogens (tertiary/aromatic N) is 2. The summed E-state index contributed by atoms with van der Waals surface area (Å²) >= 11 is 0. The van der Waals surface area contributed by atoms with Gasteiger partial charge in [-0.15, -0.1) is 0 Å². The summed E-state index contributed by atoms with van der Waals surface area (Å²) in [5.74, 6) is -0.320. The molecule has 17 heavy (non-hydrogen) atoms. The van der Waals surface area contributed by atoms with Crippen LogP contribution < -0.4 is 0 Å². The maximum Gasteiger partial charge on any atom is 0.265 e. The van der Waals surface area contributed by atoms with Gasteiger partial charge in [0.1, 0.15) is 6.54 Å². The van der Waals surface area contributed by atoms with Crippen molar-refractivity contribution < 1.29 is 14.8 Å². The fraction of sp³-hybridized carbons (Fsp3) is 0.833. The van der Waals surface area contributed by atoms with Crippen LogP contribution >= 0.6 is 0 Å². The predicted octanol–water partition coefficient (Wildman–Crippen LogP) is 1.26. The lowest BCUT2D eigenvalue weighted by molar-refractivity contribution is -0.163. The van der Waals surface area contributed by atoms with Crippen molar-refractivity contribution in [2.75, 3.05) is 20.1 Å². The number of hydroxylamine groups is 2. The molecule has 1 aliphatic rings. The summed E-state index contributed by atoms with van der Waals surface area (Å²) in [5.41, 5.74) is 0. The van der Waals surface area contributed by atoms with E-state index in [-0.39, 0.29) is 18.4 Å². The first-order chi connectivity index (χ1) is 8.06. The minimum Gasteiger partial charge on any atom is -0.333 e. The number of carbonyl (C=O) groups excluding carboxylic acids is 2. The Morgan fingerprint density at radius 3 is 2.29 bits per heavy atom. The van der Waals surface area contributed by atoms with Gasteiger partial charge in [-0.05, 0) is 19.8 Å². The molecule has 1 rings (SSSR count). The van der Waals surface area contributed by atoms with E-state index >= 15 is 0 Å². The Morgan fingerprint density at radius 1 is 1.24 bits per heavy atom. The van der Waals surface area contributed by atoms with Gasteiger partial charge in [0.25, 0.3) is 5.91 Å². The van der Waals surface area contributed by atoms with Gasteiger partial charge in [-0.3, -0.25) is 14.8 Å². The van der Waals surface area contributed by atoms with Gasteiger partial charge in [-0.1, -0.05) is 19.3 Å². The van der Waals surface area contributed by atoms with Gasteiger partial charge in [0.2, 0.25) is 5.91 Å². The lowest BCUT2D eigenvalue weighted by Crippen LogP contribution is -2.43. The van der Waals surface area contributed by atoms with Crippen LogP contribution in [0.15, 0.2) is 0 Å². The molecule has 0 radical (unpaired) electrons. The van der Waals surface area contributed by atoms with E-state index in [1.54, 1.807) is 0 Å². The van der Waals surface area contributed by atoms with E-state index in [0.717, 1.165) is 25.7 Å². The van der Waals surface area contributed by atoms with Crippen molar-refractivity contribution >= 4 is 11.8 Å². The summed E-state index contributed by atoms with van der Waals surface area (Å²) in [4.78, 5) is 25.1. The second kappa shape index (κ2) is 6.59. The number of likely N-dealkylation sites (N-methyl/N-ethyl adjacent to an activating group) is 2. The van der Waals surface area contributed by atoms with Crippen molar-refractivity contribution in [2.24, 2.45) is 5.92 Å². The monoisotopic (exact) mass is 242 g/mol. The summed E-state index contributed by atoms with van der Waals surface area (Å²) in [6, 6.07) is 0. The zero-order valence-corrected chi connectivity index (χ0v) is 10.7. The van der Waals surface area contributed by atoms with Crippen molar-refractivity contribution in [3.05, 3.63) is 0 Å². The first kappa shape index (κ1) is 14.0.